The van der Waals surface area contributed by atoms with Gasteiger partial charge in [0.15, 0.2) is 0 Å². The van der Waals surface area contributed by atoms with E-state index in [0.29, 0.717) is 25.1 Å². The highest BCUT2D eigenvalue weighted by molar-refractivity contribution is 5.42. The molecular weight excluding hydrogens is 285 g/mol. The maximum absolute atomic E-state index is 13.9. The first kappa shape index (κ1) is 14.8. The summed E-state index contributed by atoms with van der Waals surface area (Å²) in [5.41, 5.74) is 5.85. The van der Waals surface area contributed by atoms with E-state index in [0.717, 1.165) is 25.2 Å². The van der Waals surface area contributed by atoms with Gasteiger partial charge in [-0.15, -0.1) is 0 Å². The standard InChI is InChI=1S/C15H20FN5O/c16-11-9-12(15(22)20(10-11)7-2-5-17)13-3-1-8-21(13)14-4-6-18-19-14/h4,6,9-10,13H,1-3,5,7-8,17H2,(H,18,19). The molecule has 118 valence electrons. The van der Waals surface area contributed by atoms with Gasteiger partial charge in [0.25, 0.3) is 5.56 Å². The zero-order chi connectivity index (χ0) is 15.5. The number of halogens is 1. The highest BCUT2D eigenvalue weighted by Crippen LogP contribution is 2.33. The first-order valence-corrected chi connectivity index (χ1v) is 7.56. The smallest absolute Gasteiger partial charge is 0.256 e. The molecule has 7 heteroatoms. The fourth-order valence-electron chi connectivity index (χ4n) is 3.07. The first-order chi connectivity index (χ1) is 10.7. The van der Waals surface area contributed by atoms with Gasteiger partial charge in [0, 0.05) is 30.9 Å². The minimum Gasteiger partial charge on any atom is -0.350 e. The molecule has 0 amide bonds. The van der Waals surface area contributed by atoms with E-state index in [9.17, 15) is 9.18 Å². The highest BCUT2D eigenvalue weighted by atomic mass is 19.1. The number of nitrogens with zero attached hydrogens (tertiary/aromatic N) is 3. The van der Waals surface area contributed by atoms with Gasteiger partial charge < -0.3 is 15.2 Å². The van der Waals surface area contributed by atoms with Gasteiger partial charge in [-0.25, -0.2) is 4.39 Å². The van der Waals surface area contributed by atoms with Crippen LogP contribution in [0, 0.1) is 5.82 Å². The fraction of sp³-hybridized carbons (Fsp3) is 0.467. The van der Waals surface area contributed by atoms with Gasteiger partial charge in [-0.3, -0.25) is 9.89 Å². The molecule has 2 aromatic rings. The first-order valence-electron chi connectivity index (χ1n) is 7.56. The molecule has 22 heavy (non-hydrogen) atoms. The molecule has 0 radical (unpaired) electrons. The molecule has 1 aliphatic rings. The van der Waals surface area contributed by atoms with Crippen LogP contribution in [0.25, 0.3) is 0 Å². The van der Waals surface area contributed by atoms with Gasteiger partial charge in [0.1, 0.15) is 11.6 Å². The number of pyridine rings is 1. The van der Waals surface area contributed by atoms with Gasteiger partial charge in [-0.2, -0.15) is 5.10 Å². The molecule has 1 fully saturated rings. The summed E-state index contributed by atoms with van der Waals surface area (Å²) in [5.74, 6) is 0.475. The van der Waals surface area contributed by atoms with Crippen molar-refractivity contribution in [3.63, 3.8) is 0 Å². The quantitative estimate of drug-likeness (QED) is 0.875. The molecule has 3 heterocycles. The summed E-state index contributed by atoms with van der Waals surface area (Å²) < 4.78 is 15.4. The summed E-state index contributed by atoms with van der Waals surface area (Å²) >= 11 is 0. The lowest BCUT2D eigenvalue weighted by Gasteiger charge is -2.25. The number of rotatable bonds is 5. The number of nitrogens with one attached hydrogen (secondary N) is 1. The van der Waals surface area contributed by atoms with Crippen molar-refractivity contribution in [2.45, 2.75) is 31.8 Å². The third kappa shape index (κ3) is 2.76. The fourth-order valence-corrected chi connectivity index (χ4v) is 3.07. The average Bonchev–Trinajstić information content (AvgIpc) is 3.17. The number of anilines is 1. The molecule has 1 aliphatic heterocycles. The van der Waals surface area contributed by atoms with Crippen molar-refractivity contribution in [2.24, 2.45) is 5.73 Å². The number of aromatic nitrogens is 3. The molecule has 0 bridgehead atoms. The van der Waals surface area contributed by atoms with Gasteiger partial charge in [0.05, 0.1) is 12.2 Å². The summed E-state index contributed by atoms with van der Waals surface area (Å²) in [4.78, 5) is 14.7. The molecule has 6 nitrogen and oxygen atoms in total. The zero-order valence-electron chi connectivity index (χ0n) is 12.3. The summed E-state index contributed by atoms with van der Waals surface area (Å²) in [5, 5.41) is 6.87. The Bertz CT molecular complexity index is 682. The topological polar surface area (TPSA) is 79.9 Å². The lowest BCUT2D eigenvalue weighted by Crippen LogP contribution is -2.32. The molecule has 0 aliphatic carbocycles. The van der Waals surface area contributed by atoms with Crippen LogP contribution in [0.1, 0.15) is 30.9 Å². The molecular formula is C15H20FN5O. The lowest BCUT2D eigenvalue weighted by atomic mass is 10.1. The van der Waals surface area contributed by atoms with Crippen LogP contribution in [0.2, 0.25) is 0 Å². The largest absolute Gasteiger partial charge is 0.350 e. The molecule has 2 aromatic heterocycles. The number of nitrogens with two attached hydrogens (primary N) is 1. The Morgan fingerprint density at radius 3 is 3.09 bits per heavy atom. The Morgan fingerprint density at radius 2 is 2.36 bits per heavy atom. The zero-order valence-corrected chi connectivity index (χ0v) is 12.3. The second-order valence-electron chi connectivity index (χ2n) is 5.55. The third-order valence-electron chi connectivity index (χ3n) is 4.09. The van der Waals surface area contributed by atoms with Crippen LogP contribution in [0.3, 0.4) is 0 Å². The van der Waals surface area contributed by atoms with Crippen molar-refractivity contribution in [3.05, 3.63) is 46.3 Å². The van der Waals surface area contributed by atoms with E-state index < -0.39 is 0 Å². The molecule has 3 rings (SSSR count). The maximum Gasteiger partial charge on any atom is 0.256 e. The Labute approximate surface area is 127 Å². The minimum absolute atomic E-state index is 0.118. The van der Waals surface area contributed by atoms with Crippen LogP contribution in [0.4, 0.5) is 10.2 Å². The van der Waals surface area contributed by atoms with Crippen molar-refractivity contribution in [1.29, 1.82) is 0 Å². The van der Waals surface area contributed by atoms with E-state index in [1.165, 1.54) is 16.8 Å². The molecule has 1 saturated heterocycles. The van der Waals surface area contributed by atoms with Gasteiger partial charge in [0.2, 0.25) is 0 Å². The second-order valence-corrected chi connectivity index (χ2v) is 5.55. The summed E-state index contributed by atoms with van der Waals surface area (Å²) in [6.45, 7) is 1.74. The molecule has 1 unspecified atom stereocenters. The Morgan fingerprint density at radius 1 is 1.50 bits per heavy atom. The van der Waals surface area contributed by atoms with Crippen molar-refractivity contribution in [2.75, 3.05) is 18.0 Å². The minimum atomic E-state index is -0.386. The van der Waals surface area contributed by atoms with E-state index in [1.807, 2.05) is 6.07 Å². The van der Waals surface area contributed by atoms with Gasteiger partial charge in [-0.1, -0.05) is 0 Å². The van der Waals surface area contributed by atoms with Crippen LogP contribution in [0.15, 0.2) is 29.3 Å². The average molecular weight is 305 g/mol. The maximum atomic E-state index is 13.9. The molecule has 3 N–H and O–H groups in total. The number of aryl methyl sites for hydroxylation is 1. The SMILES string of the molecule is NCCCn1cc(F)cc(C2CCCN2c2ccn[nH]2)c1=O. The predicted molar refractivity (Wildman–Crippen MR) is 82.2 cm³/mol. The summed E-state index contributed by atoms with van der Waals surface area (Å²) in [6.07, 6.45) is 5.38. The molecule has 0 spiro atoms. The molecule has 0 aromatic carbocycles. The van der Waals surface area contributed by atoms with Crippen molar-refractivity contribution in [3.8, 4) is 0 Å². The van der Waals surface area contributed by atoms with Crippen LogP contribution in [-0.4, -0.2) is 27.9 Å². The van der Waals surface area contributed by atoms with E-state index >= 15 is 0 Å². The van der Waals surface area contributed by atoms with Crippen LogP contribution in [0.5, 0.6) is 0 Å². The predicted octanol–water partition coefficient (Wildman–Crippen LogP) is 1.40. The van der Waals surface area contributed by atoms with Crippen molar-refractivity contribution >= 4 is 5.82 Å². The van der Waals surface area contributed by atoms with Crippen molar-refractivity contribution in [1.82, 2.24) is 14.8 Å². The Balaban J connectivity index is 1.96. The van der Waals surface area contributed by atoms with E-state index in [-0.39, 0.29) is 17.4 Å². The van der Waals surface area contributed by atoms with Crippen LogP contribution >= 0.6 is 0 Å². The van der Waals surface area contributed by atoms with Crippen LogP contribution < -0.4 is 16.2 Å². The molecule has 1 atom stereocenters. The number of hydrogen-bond acceptors (Lipinski definition) is 4. The Kier molecular flexibility index (Phi) is 4.24. The van der Waals surface area contributed by atoms with Crippen molar-refractivity contribution < 1.29 is 4.39 Å². The van der Waals surface area contributed by atoms with Gasteiger partial charge in [-0.05, 0) is 31.9 Å². The number of H-pyrrole nitrogens is 1. The van der Waals surface area contributed by atoms with E-state index in [2.05, 4.69) is 15.1 Å². The third-order valence-corrected chi connectivity index (χ3v) is 4.09. The van der Waals surface area contributed by atoms with Crippen LogP contribution in [-0.2, 0) is 6.54 Å². The lowest BCUT2D eigenvalue weighted by molar-refractivity contribution is 0.552. The number of hydrogen-bond donors (Lipinski definition) is 2. The molecule has 0 saturated carbocycles. The normalized spacial score (nSPS) is 18.1. The number of aromatic amines is 1. The van der Waals surface area contributed by atoms with E-state index in [4.69, 9.17) is 5.73 Å². The summed E-state index contributed by atoms with van der Waals surface area (Å²) in [7, 11) is 0. The Hall–Kier alpha value is -2.15. The highest BCUT2D eigenvalue weighted by Gasteiger charge is 2.29. The second kappa shape index (κ2) is 6.31. The van der Waals surface area contributed by atoms with E-state index in [1.54, 1.807) is 6.20 Å². The monoisotopic (exact) mass is 305 g/mol. The van der Waals surface area contributed by atoms with Gasteiger partial charge >= 0.3 is 0 Å². The summed E-state index contributed by atoms with van der Waals surface area (Å²) in [6, 6.07) is 3.11.